The van der Waals surface area contributed by atoms with Crippen molar-refractivity contribution >= 4 is 0 Å². The number of benzene rings is 1. The van der Waals surface area contributed by atoms with Gasteiger partial charge in [0.05, 0.1) is 0 Å². The van der Waals surface area contributed by atoms with E-state index >= 15 is 0 Å². The predicted molar refractivity (Wildman–Crippen MR) is 67.4 cm³/mol. The van der Waals surface area contributed by atoms with Crippen LogP contribution in [0.25, 0.3) is 0 Å². The van der Waals surface area contributed by atoms with Gasteiger partial charge in [-0.2, -0.15) is 0 Å². The van der Waals surface area contributed by atoms with Crippen LogP contribution < -0.4 is 5.73 Å². The standard InChI is InChI=1S/C15H21N/c1-15-9-5-4-8-13(15)14(16)10-11-6-2-3-7-12(11)15/h2-3,6-7,13-14H,4-5,8-10,16H2,1H3/t13-,14-,15-/m0/s1. The van der Waals surface area contributed by atoms with Crippen molar-refractivity contribution in [2.24, 2.45) is 11.7 Å². The topological polar surface area (TPSA) is 26.0 Å². The first-order valence-corrected chi connectivity index (χ1v) is 6.56. The van der Waals surface area contributed by atoms with Gasteiger partial charge in [-0.05, 0) is 41.7 Å². The maximum absolute atomic E-state index is 6.39. The highest BCUT2D eigenvalue weighted by molar-refractivity contribution is 5.39. The number of nitrogens with two attached hydrogens (primary N) is 1. The highest BCUT2D eigenvalue weighted by Gasteiger charge is 2.44. The van der Waals surface area contributed by atoms with Crippen LogP contribution in [0.15, 0.2) is 24.3 Å². The van der Waals surface area contributed by atoms with E-state index in [-0.39, 0.29) is 0 Å². The first kappa shape index (κ1) is 10.3. The molecule has 0 aromatic heterocycles. The minimum absolute atomic E-state index is 0.354. The molecule has 16 heavy (non-hydrogen) atoms. The summed E-state index contributed by atoms with van der Waals surface area (Å²) in [6.07, 6.45) is 6.47. The molecule has 2 aliphatic rings. The van der Waals surface area contributed by atoms with E-state index < -0.39 is 0 Å². The number of fused-ring (bicyclic) bond motifs is 3. The Morgan fingerprint density at radius 3 is 2.94 bits per heavy atom. The third kappa shape index (κ3) is 1.34. The summed E-state index contributed by atoms with van der Waals surface area (Å²) in [5.41, 5.74) is 9.82. The minimum Gasteiger partial charge on any atom is -0.327 e. The zero-order valence-electron chi connectivity index (χ0n) is 10.1. The molecule has 0 radical (unpaired) electrons. The molecule has 86 valence electrons. The van der Waals surface area contributed by atoms with E-state index in [0.29, 0.717) is 17.4 Å². The number of rotatable bonds is 0. The first-order chi connectivity index (χ1) is 7.72. The Morgan fingerprint density at radius 1 is 1.25 bits per heavy atom. The Labute approximate surface area is 98.0 Å². The van der Waals surface area contributed by atoms with Gasteiger partial charge in [0.15, 0.2) is 0 Å². The van der Waals surface area contributed by atoms with Gasteiger partial charge in [-0.15, -0.1) is 0 Å². The fourth-order valence-electron chi connectivity index (χ4n) is 4.03. The van der Waals surface area contributed by atoms with Crippen LogP contribution in [0.1, 0.15) is 43.7 Å². The summed E-state index contributed by atoms with van der Waals surface area (Å²) < 4.78 is 0. The molecular weight excluding hydrogens is 194 g/mol. The molecule has 0 heterocycles. The van der Waals surface area contributed by atoms with E-state index in [1.54, 1.807) is 5.56 Å². The molecular formula is C15H21N. The molecule has 1 heteroatoms. The van der Waals surface area contributed by atoms with Crippen molar-refractivity contribution in [1.82, 2.24) is 0 Å². The van der Waals surface area contributed by atoms with Crippen molar-refractivity contribution in [3.63, 3.8) is 0 Å². The molecule has 1 aromatic carbocycles. The summed E-state index contributed by atoms with van der Waals surface area (Å²) in [5, 5.41) is 0. The Balaban J connectivity index is 2.12. The van der Waals surface area contributed by atoms with Crippen LogP contribution in [-0.4, -0.2) is 6.04 Å². The van der Waals surface area contributed by atoms with Crippen molar-refractivity contribution in [1.29, 1.82) is 0 Å². The fourth-order valence-corrected chi connectivity index (χ4v) is 4.03. The lowest BCUT2D eigenvalue weighted by Gasteiger charge is -2.49. The molecule has 0 aliphatic heterocycles. The fraction of sp³-hybridized carbons (Fsp3) is 0.600. The Morgan fingerprint density at radius 2 is 2.06 bits per heavy atom. The van der Waals surface area contributed by atoms with E-state index in [4.69, 9.17) is 5.73 Å². The molecule has 2 aliphatic carbocycles. The van der Waals surface area contributed by atoms with Crippen molar-refractivity contribution < 1.29 is 0 Å². The maximum atomic E-state index is 6.39. The van der Waals surface area contributed by atoms with Gasteiger partial charge in [0.1, 0.15) is 0 Å². The van der Waals surface area contributed by atoms with E-state index in [1.165, 1.54) is 31.2 Å². The average molecular weight is 215 g/mol. The summed E-state index contributed by atoms with van der Waals surface area (Å²) in [7, 11) is 0. The normalized spacial score (nSPS) is 37.6. The molecule has 2 N–H and O–H groups in total. The third-order valence-electron chi connectivity index (χ3n) is 4.88. The molecule has 0 amide bonds. The zero-order chi connectivity index (χ0) is 11.2. The SMILES string of the molecule is C[C@@]12CCCC[C@H]1[C@@H](N)Cc1ccccc12. The van der Waals surface area contributed by atoms with Gasteiger partial charge in [-0.3, -0.25) is 0 Å². The number of hydrogen-bond donors (Lipinski definition) is 1. The van der Waals surface area contributed by atoms with Gasteiger partial charge < -0.3 is 5.73 Å². The van der Waals surface area contributed by atoms with Crippen LogP contribution in [0.5, 0.6) is 0 Å². The highest BCUT2D eigenvalue weighted by Crippen LogP contribution is 2.49. The largest absolute Gasteiger partial charge is 0.327 e. The lowest BCUT2D eigenvalue weighted by atomic mass is 9.57. The van der Waals surface area contributed by atoms with Crippen LogP contribution in [-0.2, 0) is 11.8 Å². The van der Waals surface area contributed by atoms with E-state index in [1.807, 2.05) is 0 Å². The van der Waals surface area contributed by atoms with E-state index in [2.05, 4.69) is 31.2 Å². The van der Waals surface area contributed by atoms with E-state index in [0.717, 1.165) is 6.42 Å². The zero-order valence-corrected chi connectivity index (χ0v) is 10.1. The molecule has 0 saturated heterocycles. The van der Waals surface area contributed by atoms with Gasteiger partial charge in [-0.25, -0.2) is 0 Å². The Hall–Kier alpha value is -0.820. The second-order valence-electron chi connectivity index (χ2n) is 5.79. The average Bonchev–Trinajstić information content (AvgIpc) is 2.29. The third-order valence-corrected chi connectivity index (χ3v) is 4.88. The lowest BCUT2D eigenvalue weighted by molar-refractivity contribution is 0.156. The highest BCUT2D eigenvalue weighted by atomic mass is 14.7. The molecule has 0 spiro atoms. The van der Waals surface area contributed by atoms with Gasteiger partial charge in [0.25, 0.3) is 0 Å². The summed E-state index contributed by atoms with van der Waals surface area (Å²) in [4.78, 5) is 0. The molecule has 0 bridgehead atoms. The molecule has 1 aromatic rings. The van der Waals surface area contributed by atoms with Crippen LogP contribution >= 0.6 is 0 Å². The number of hydrogen-bond acceptors (Lipinski definition) is 1. The van der Waals surface area contributed by atoms with Crippen LogP contribution in [0, 0.1) is 5.92 Å². The van der Waals surface area contributed by atoms with Crippen LogP contribution in [0.2, 0.25) is 0 Å². The van der Waals surface area contributed by atoms with Crippen molar-refractivity contribution in [3.8, 4) is 0 Å². The predicted octanol–water partition coefficient (Wildman–Crippen LogP) is 3.02. The van der Waals surface area contributed by atoms with E-state index in [9.17, 15) is 0 Å². The Kier molecular flexibility index (Phi) is 2.32. The second-order valence-corrected chi connectivity index (χ2v) is 5.79. The lowest BCUT2D eigenvalue weighted by Crippen LogP contribution is -2.50. The molecule has 0 unspecified atom stereocenters. The van der Waals surface area contributed by atoms with Gasteiger partial charge in [0, 0.05) is 6.04 Å². The summed E-state index contributed by atoms with van der Waals surface area (Å²) in [6.45, 7) is 2.44. The monoisotopic (exact) mass is 215 g/mol. The molecule has 1 saturated carbocycles. The molecule has 3 atom stereocenters. The van der Waals surface area contributed by atoms with Gasteiger partial charge >= 0.3 is 0 Å². The second kappa shape index (κ2) is 3.59. The summed E-state index contributed by atoms with van der Waals surface area (Å²) in [6, 6.07) is 9.32. The first-order valence-electron chi connectivity index (χ1n) is 6.56. The smallest absolute Gasteiger partial charge is 0.0116 e. The molecule has 3 rings (SSSR count). The van der Waals surface area contributed by atoms with Crippen LogP contribution in [0.3, 0.4) is 0 Å². The van der Waals surface area contributed by atoms with Crippen LogP contribution in [0.4, 0.5) is 0 Å². The molecule has 1 nitrogen and oxygen atoms in total. The Bertz CT molecular complexity index is 398. The summed E-state index contributed by atoms with van der Waals surface area (Å²) in [5.74, 6) is 0.705. The minimum atomic E-state index is 0.354. The van der Waals surface area contributed by atoms with Crippen molar-refractivity contribution in [2.45, 2.75) is 50.5 Å². The van der Waals surface area contributed by atoms with Gasteiger partial charge in [-0.1, -0.05) is 44.0 Å². The maximum Gasteiger partial charge on any atom is 0.0116 e. The molecule has 1 fully saturated rings. The van der Waals surface area contributed by atoms with Crippen molar-refractivity contribution in [3.05, 3.63) is 35.4 Å². The summed E-state index contributed by atoms with van der Waals surface area (Å²) >= 11 is 0. The van der Waals surface area contributed by atoms with Gasteiger partial charge in [0.2, 0.25) is 0 Å². The van der Waals surface area contributed by atoms with Crippen molar-refractivity contribution in [2.75, 3.05) is 0 Å². The quantitative estimate of drug-likeness (QED) is 0.707.